The van der Waals surface area contributed by atoms with Crippen molar-refractivity contribution in [2.45, 2.75) is 64.2 Å². The van der Waals surface area contributed by atoms with E-state index in [0.717, 1.165) is 12.8 Å². The molecule has 2 unspecified atom stereocenters. The molecule has 1 saturated heterocycles. The third kappa shape index (κ3) is 3.12. The monoisotopic (exact) mass is 267 g/mol. The Morgan fingerprint density at radius 2 is 1.89 bits per heavy atom. The summed E-state index contributed by atoms with van der Waals surface area (Å²) in [7, 11) is 0. The van der Waals surface area contributed by atoms with Gasteiger partial charge < -0.3 is 5.32 Å². The van der Waals surface area contributed by atoms with Crippen LogP contribution < -0.4 is 10.6 Å². The number of hydrogen-bond donors (Lipinski definition) is 2. The Morgan fingerprint density at radius 1 is 1.26 bits per heavy atom. The van der Waals surface area contributed by atoms with E-state index in [1.807, 2.05) is 0 Å². The zero-order valence-corrected chi connectivity index (χ0v) is 11.6. The van der Waals surface area contributed by atoms with Gasteiger partial charge in [0.15, 0.2) is 0 Å². The number of nitrogens with zero attached hydrogens (tertiary/aromatic N) is 1. The molecule has 2 N–H and O–H groups in total. The minimum atomic E-state index is -0.574. The van der Waals surface area contributed by atoms with Crippen LogP contribution in [-0.2, 0) is 14.4 Å². The van der Waals surface area contributed by atoms with Gasteiger partial charge in [-0.2, -0.15) is 0 Å². The van der Waals surface area contributed by atoms with Crippen LogP contribution in [0.1, 0.15) is 40.0 Å². The molecule has 2 fully saturated rings. The first-order valence-corrected chi connectivity index (χ1v) is 6.82. The fourth-order valence-corrected chi connectivity index (χ4v) is 2.26. The molecule has 0 aromatic rings. The number of likely N-dealkylation sites (tertiary alicyclic amines) is 1. The lowest BCUT2D eigenvalue weighted by molar-refractivity contribution is -0.140. The van der Waals surface area contributed by atoms with Crippen molar-refractivity contribution >= 4 is 17.7 Å². The lowest BCUT2D eigenvalue weighted by Crippen LogP contribution is -2.50. The minimum Gasteiger partial charge on any atom is -0.352 e. The molecule has 0 aromatic heterocycles. The Hall–Kier alpha value is -1.43. The molecule has 0 spiro atoms. The van der Waals surface area contributed by atoms with Gasteiger partial charge in [-0.3, -0.25) is 24.6 Å². The van der Waals surface area contributed by atoms with Crippen LogP contribution in [0.25, 0.3) is 0 Å². The highest BCUT2D eigenvalue weighted by Gasteiger charge is 2.41. The lowest BCUT2D eigenvalue weighted by atomic mass is 10.2. The summed E-state index contributed by atoms with van der Waals surface area (Å²) >= 11 is 0. The van der Waals surface area contributed by atoms with E-state index in [9.17, 15) is 14.4 Å². The summed E-state index contributed by atoms with van der Waals surface area (Å²) in [6.07, 6.45) is 2.19. The SMILES string of the molecule is CC(NC1CC(=O)N(C(C)C)C1=O)C(=O)NC1CC1. The average molecular weight is 267 g/mol. The molecule has 2 atom stereocenters. The van der Waals surface area contributed by atoms with E-state index < -0.39 is 12.1 Å². The van der Waals surface area contributed by atoms with Crippen molar-refractivity contribution in [2.75, 3.05) is 0 Å². The molecule has 1 aliphatic heterocycles. The third-order valence-corrected chi connectivity index (χ3v) is 3.47. The van der Waals surface area contributed by atoms with Crippen LogP contribution in [-0.4, -0.2) is 46.8 Å². The van der Waals surface area contributed by atoms with Gasteiger partial charge in [-0.25, -0.2) is 0 Å². The third-order valence-electron chi connectivity index (χ3n) is 3.47. The van der Waals surface area contributed by atoms with Gasteiger partial charge >= 0.3 is 0 Å². The van der Waals surface area contributed by atoms with Crippen LogP contribution in [0.5, 0.6) is 0 Å². The van der Waals surface area contributed by atoms with Crippen molar-refractivity contribution in [2.24, 2.45) is 0 Å². The van der Waals surface area contributed by atoms with E-state index in [0.29, 0.717) is 6.04 Å². The van der Waals surface area contributed by atoms with Crippen LogP contribution in [0.3, 0.4) is 0 Å². The molecular formula is C13H21N3O3. The second-order valence-electron chi connectivity index (χ2n) is 5.62. The van der Waals surface area contributed by atoms with Crippen molar-refractivity contribution in [3.8, 4) is 0 Å². The highest BCUT2D eigenvalue weighted by atomic mass is 16.2. The summed E-state index contributed by atoms with van der Waals surface area (Å²) in [5, 5.41) is 5.83. The smallest absolute Gasteiger partial charge is 0.247 e. The topological polar surface area (TPSA) is 78.5 Å². The summed E-state index contributed by atoms with van der Waals surface area (Å²) in [4.78, 5) is 36.9. The highest BCUT2D eigenvalue weighted by molar-refractivity contribution is 6.06. The van der Waals surface area contributed by atoms with E-state index in [-0.39, 0.29) is 30.2 Å². The summed E-state index contributed by atoms with van der Waals surface area (Å²) in [6.45, 7) is 5.33. The Labute approximate surface area is 112 Å². The molecule has 6 heteroatoms. The summed E-state index contributed by atoms with van der Waals surface area (Å²) in [6, 6.07) is -0.878. The van der Waals surface area contributed by atoms with Crippen LogP contribution >= 0.6 is 0 Å². The zero-order valence-electron chi connectivity index (χ0n) is 11.6. The van der Waals surface area contributed by atoms with E-state index >= 15 is 0 Å². The van der Waals surface area contributed by atoms with Crippen molar-refractivity contribution < 1.29 is 14.4 Å². The molecule has 0 radical (unpaired) electrons. The summed E-state index contributed by atoms with van der Waals surface area (Å²) in [5.74, 6) is -0.510. The molecular weight excluding hydrogens is 246 g/mol. The van der Waals surface area contributed by atoms with E-state index in [1.54, 1.807) is 20.8 Å². The van der Waals surface area contributed by atoms with Gasteiger partial charge in [0.2, 0.25) is 17.7 Å². The van der Waals surface area contributed by atoms with Crippen molar-refractivity contribution in [1.29, 1.82) is 0 Å². The minimum absolute atomic E-state index is 0.106. The Bertz CT molecular complexity index is 404. The number of imide groups is 1. The van der Waals surface area contributed by atoms with Gasteiger partial charge in [0.1, 0.15) is 0 Å². The molecule has 1 heterocycles. The molecule has 106 valence electrons. The second-order valence-corrected chi connectivity index (χ2v) is 5.62. The fraction of sp³-hybridized carbons (Fsp3) is 0.769. The predicted molar refractivity (Wildman–Crippen MR) is 69.2 cm³/mol. The summed E-state index contributed by atoms with van der Waals surface area (Å²) in [5.41, 5.74) is 0. The molecule has 1 aliphatic carbocycles. The van der Waals surface area contributed by atoms with Gasteiger partial charge in [-0.05, 0) is 33.6 Å². The van der Waals surface area contributed by atoms with Crippen LogP contribution in [0.4, 0.5) is 0 Å². The number of carbonyl (C=O) groups is 3. The Morgan fingerprint density at radius 3 is 2.37 bits per heavy atom. The van der Waals surface area contributed by atoms with Crippen LogP contribution in [0.15, 0.2) is 0 Å². The average Bonchev–Trinajstić information content (AvgIpc) is 3.06. The fourth-order valence-electron chi connectivity index (χ4n) is 2.26. The van der Waals surface area contributed by atoms with E-state index in [1.165, 1.54) is 4.90 Å². The maximum Gasteiger partial charge on any atom is 0.247 e. The standard InChI is InChI=1S/C13H21N3O3/c1-7(2)16-11(17)6-10(13(16)19)14-8(3)12(18)15-9-4-5-9/h7-10,14H,4-6H2,1-3H3,(H,15,18). The van der Waals surface area contributed by atoms with Crippen molar-refractivity contribution in [1.82, 2.24) is 15.5 Å². The zero-order chi connectivity index (χ0) is 14.2. The first-order valence-electron chi connectivity index (χ1n) is 6.82. The number of rotatable bonds is 5. The molecule has 6 nitrogen and oxygen atoms in total. The molecule has 0 aromatic carbocycles. The van der Waals surface area contributed by atoms with E-state index in [4.69, 9.17) is 0 Å². The van der Waals surface area contributed by atoms with Gasteiger partial charge in [0.05, 0.1) is 18.5 Å². The lowest BCUT2D eigenvalue weighted by Gasteiger charge is -2.21. The highest BCUT2D eigenvalue weighted by Crippen LogP contribution is 2.19. The normalized spacial score (nSPS) is 25.1. The molecule has 3 amide bonds. The predicted octanol–water partition coefficient (Wildman–Crippen LogP) is -0.221. The maximum absolute atomic E-state index is 12.1. The Kier molecular flexibility index (Phi) is 3.89. The second kappa shape index (κ2) is 5.28. The van der Waals surface area contributed by atoms with Gasteiger partial charge in [0, 0.05) is 12.1 Å². The van der Waals surface area contributed by atoms with Gasteiger partial charge in [0.25, 0.3) is 0 Å². The number of carbonyl (C=O) groups excluding carboxylic acids is 3. The van der Waals surface area contributed by atoms with E-state index in [2.05, 4.69) is 10.6 Å². The van der Waals surface area contributed by atoms with Crippen LogP contribution in [0, 0.1) is 0 Å². The number of nitrogens with one attached hydrogen (secondary N) is 2. The molecule has 1 saturated carbocycles. The van der Waals surface area contributed by atoms with Gasteiger partial charge in [-0.1, -0.05) is 0 Å². The largest absolute Gasteiger partial charge is 0.352 e. The number of amides is 3. The van der Waals surface area contributed by atoms with Crippen molar-refractivity contribution in [3.05, 3.63) is 0 Å². The Balaban J connectivity index is 1.90. The van der Waals surface area contributed by atoms with Crippen LogP contribution in [0.2, 0.25) is 0 Å². The van der Waals surface area contributed by atoms with Gasteiger partial charge in [-0.15, -0.1) is 0 Å². The summed E-state index contributed by atoms with van der Waals surface area (Å²) < 4.78 is 0. The van der Waals surface area contributed by atoms with Crippen molar-refractivity contribution in [3.63, 3.8) is 0 Å². The molecule has 0 bridgehead atoms. The molecule has 2 aliphatic rings. The molecule has 19 heavy (non-hydrogen) atoms. The number of hydrogen-bond acceptors (Lipinski definition) is 4. The molecule has 2 rings (SSSR count). The maximum atomic E-state index is 12.1. The first kappa shape index (κ1) is 14.0. The first-order chi connectivity index (χ1) is 8.90. The quantitative estimate of drug-likeness (QED) is 0.675.